The molecule has 3 rings (SSSR count). The maximum absolute atomic E-state index is 13.6. The lowest BCUT2D eigenvalue weighted by molar-refractivity contribution is 0.103. The predicted molar refractivity (Wildman–Crippen MR) is 86.0 cm³/mol. The Morgan fingerprint density at radius 2 is 1.45 bits per heavy atom. The lowest BCUT2D eigenvalue weighted by Crippen LogP contribution is -2.06. The van der Waals surface area contributed by atoms with Crippen molar-refractivity contribution < 1.29 is 9.18 Å². The minimum absolute atomic E-state index is 0.140. The van der Waals surface area contributed by atoms with E-state index >= 15 is 0 Å². The number of halogens is 1. The van der Waals surface area contributed by atoms with Crippen LogP contribution in [0.25, 0.3) is 0 Å². The molecule has 0 aromatic heterocycles. The normalized spacial score (nSPS) is 10.2. The maximum atomic E-state index is 13.6. The van der Waals surface area contributed by atoms with Crippen LogP contribution in [0.15, 0.2) is 78.9 Å². The molecule has 0 atom stereocenters. The number of rotatable bonds is 4. The number of carbonyl (C=O) groups is 1. The van der Waals surface area contributed by atoms with Crippen LogP contribution < -0.4 is 5.32 Å². The van der Waals surface area contributed by atoms with Crippen LogP contribution in [0.5, 0.6) is 0 Å². The standard InChI is InChI=1S/C19H14FNO/c20-15-11-12-17(19(22)14-7-3-1-4-8-14)18(13-15)21-16-9-5-2-6-10-16/h1-13,21H. The zero-order chi connectivity index (χ0) is 15.4. The smallest absolute Gasteiger partial charge is 0.195 e. The summed E-state index contributed by atoms with van der Waals surface area (Å²) >= 11 is 0. The molecule has 22 heavy (non-hydrogen) atoms. The van der Waals surface area contributed by atoms with Crippen molar-refractivity contribution in [2.75, 3.05) is 5.32 Å². The van der Waals surface area contributed by atoms with E-state index in [0.29, 0.717) is 16.8 Å². The van der Waals surface area contributed by atoms with Crippen molar-refractivity contribution in [3.8, 4) is 0 Å². The Morgan fingerprint density at radius 3 is 2.14 bits per heavy atom. The summed E-state index contributed by atoms with van der Waals surface area (Å²) in [6.07, 6.45) is 0. The Kier molecular flexibility index (Phi) is 3.97. The molecule has 0 saturated carbocycles. The van der Waals surface area contributed by atoms with Crippen LogP contribution in [0.4, 0.5) is 15.8 Å². The zero-order valence-electron chi connectivity index (χ0n) is 11.8. The molecule has 0 aliphatic rings. The second-order valence-corrected chi connectivity index (χ2v) is 4.88. The third-order valence-electron chi connectivity index (χ3n) is 3.32. The van der Waals surface area contributed by atoms with Gasteiger partial charge in [0.1, 0.15) is 5.82 Å². The molecule has 0 aliphatic heterocycles. The third-order valence-corrected chi connectivity index (χ3v) is 3.32. The first-order valence-electron chi connectivity index (χ1n) is 6.95. The van der Waals surface area contributed by atoms with Crippen molar-refractivity contribution in [3.63, 3.8) is 0 Å². The Balaban J connectivity index is 1.99. The van der Waals surface area contributed by atoms with Gasteiger partial charge >= 0.3 is 0 Å². The van der Waals surface area contributed by atoms with Crippen molar-refractivity contribution in [2.45, 2.75) is 0 Å². The van der Waals surface area contributed by atoms with E-state index in [0.717, 1.165) is 5.69 Å². The van der Waals surface area contributed by atoms with Crippen molar-refractivity contribution in [1.29, 1.82) is 0 Å². The van der Waals surface area contributed by atoms with E-state index in [9.17, 15) is 9.18 Å². The van der Waals surface area contributed by atoms with Crippen LogP contribution in [-0.2, 0) is 0 Å². The number of ketones is 1. The number of benzene rings is 3. The highest BCUT2D eigenvalue weighted by atomic mass is 19.1. The Labute approximate surface area is 128 Å². The first kappa shape index (κ1) is 14.0. The van der Waals surface area contributed by atoms with Gasteiger partial charge in [-0.15, -0.1) is 0 Å². The first-order valence-corrected chi connectivity index (χ1v) is 6.95. The highest BCUT2D eigenvalue weighted by Gasteiger charge is 2.14. The molecule has 3 heteroatoms. The molecule has 0 fully saturated rings. The summed E-state index contributed by atoms with van der Waals surface area (Å²) in [5, 5.41) is 3.10. The van der Waals surface area contributed by atoms with Gasteiger partial charge in [0.05, 0.1) is 5.69 Å². The van der Waals surface area contributed by atoms with Crippen molar-refractivity contribution in [2.24, 2.45) is 0 Å². The summed E-state index contributed by atoms with van der Waals surface area (Å²) in [6.45, 7) is 0. The fourth-order valence-corrected chi connectivity index (χ4v) is 2.24. The SMILES string of the molecule is O=C(c1ccccc1)c1ccc(F)cc1Nc1ccccc1. The van der Waals surface area contributed by atoms with Gasteiger partial charge in [-0.2, -0.15) is 0 Å². The second kappa shape index (κ2) is 6.22. The number of carbonyl (C=O) groups excluding carboxylic acids is 1. The van der Waals surface area contributed by atoms with Gasteiger partial charge in [0.25, 0.3) is 0 Å². The van der Waals surface area contributed by atoms with Crippen LogP contribution in [0.1, 0.15) is 15.9 Å². The lowest BCUT2D eigenvalue weighted by Gasteiger charge is -2.12. The molecule has 0 aliphatic carbocycles. The Morgan fingerprint density at radius 1 is 0.818 bits per heavy atom. The monoisotopic (exact) mass is 291 g/mol. The highest BCUT2D eigenvalue weighted by Crippen LogP contribution is 2.24. The number of hydrogen-bond donors (Lipinski definition) is 1. The predicted octanol–water partition coefficient (Wildman–Crippen LogP) is 4.80. The van der Waals surface area contributed by atoms with E-state index in [1.807, 2.05) is 36.4 Å². The van der Waals surface area contributed by atoms with Crippen LogP contribution in [0.3, 0.4) is 0 Å². The van der Waals surface area contributed by atoms with Crippen LogP contribution in [-0.4, -0.2) is 5.78 Å². The highest BCUT2D eigenvalue weighted by molar-refractivity contribution is 6.12. The zero-order valence-corrected chi connectivity index (χ0v) is 11.8. The molecule has 1 N–H and O–H groups in total. The van der Waals surface area contributed by atoms with Gasteiger partial charge in [0.15, 0.2) is 5.78 Å². The summed E-state index contributed by atoms with van der Waals surface area (Å²) in [5.74, 6) is -0.526. The van der Waals surface area contributed by atoms with E-state index in [4.69, 9.17) is 0 Å². The van der Waals surface area contributed by atoms with Crippen LogP contribution in [0.2, 0.25) is 0 Å². The summed E-state index contributed by atoms with van der Waals surface area (Å²) in [6, 6.07) is 22.5. The van der Waals surface area contributed by atoms with Crippen molar-refractivity contribution in [1.82, 2.24) is 0 Å². The first-order chi connectivity index (χ1) is 10.7. The van der Waals surface area contributed by atoms with E-state index in [1.165, 1.54) is 18.2 Å². The molecule has 2 nitrogen and oxygen atoms in total. The average Bonchev–Trinajstić information content (AvgIpc) is 2.56. The minimum Gasteiger partial charge on any atom is -0.355 e. The Hall–Kier alpha value is -2.94. The van der Waals surface area contributed by atoms with E-state index in [-0.39, 0.29) is 11.6 Å². The topological polar surface area (TPSA) is 29.1 Å². The third kappa shape index (κ3) is 3.04. The van der Waals surface area contributed by atoms with Crippen molar-refractivity contribution in [3.05, 3.63) is 95.8 Å². The van der Waals surface area contributed by atoms with Crippen LogP contribution in [0, 0.1) is 5.82 Å². The maximum Gasteiger partial charge on any atom is 0.195 e. The van der Waals surface area contributed by atoms with Gasteiger partial charge in [0.2, 0.25) is 0 Å². The summed E-state index contributed by atoms with van der Waals surface area (Å²) in [5.41, 5.74) is 2.27. The summed E-state index contributed by atoms with van der Waals surface area (Å²) < 4.78 is 13.6. The van der Waals surface area contributed by atoms with E-state index in [2.05, 4.69) is 5.32 Å². The summed E-state index contributed by atoms with van der Waals surface area (Å²) in [4.78, 5) is 12.6. The van der Waals surface area contributed by atoms with E-state index < -0.39 is 0 Å². The molecule has 108 valence electrons. The molecule has 0 spiro atoms. The number of anilines is 2. The van der Waals surface area contributed by atoms with E-state index in [1.54, 1.807) is 24.3 Å². The second-order valence-electron chi connectivity index (χ2n) is 4.88. The molecule has 0 saturated heterocycles. The van der Waals surface area contributed by atoms with Crippen molar-refractivity contribution >= 4 is 17.2 Å². The largest absolute Gasteiger partial charge is 0.355 e. The molecule has 0 bridgehead atoms. The number of nitrogens with one attached hydrogen (secondary N) is 1. The van der Waals surface area contributed by atoms with Gasteiger partial charge in [-0.3, -0.25) is 4.79 Å². The van der Waals surface area contributed by atoms with Gasteiger partial charge < -0.3 is 5.32 Å². The Bertz CT molecular complexity index is 785. The molecular weight excluding hydrogens is 277 g/mol. The number of hydrogen-bond acceptors (Lipinski definition) is 2. The molecule has 0 unspecified atom stereocenters. The molecule has 0 heterocycles. The lowest BCUT2D eigenvalue weighted by atomic mass is 10.0. The van der Waals surface area contributed by atoms with Gasteiger partial charge in [-0.05, 0) is 30.3 Å². The number of para-hydroxylation sites is 1. The molecule has 0 amide bonds. The fraction of sp³-hybridized carbons (Fsp3) is 0. The molecular formula is C19H14FNO. The molecule has 0 radical (unpaired) electrons. The van der Waals surface area contributed by atoms with Gasteiger partial charge in [-0.1, -0.05) is 48.5 Å². The quantitative estimate of drug-likeness (QED) is 0.699. The average molecular weight is 291 g/mol. The van der Waals surface area contributed by atoms with Gasteiger partial charge in [0, 0.05) is 16.8 Å². The van der Waals surface area contributed by atoms with Crippen LogP contribution >= 0.6 is 0 Å². The summed E-state index contributed by atoms with van der Waals surface area (Å²) in [7, 11) is 0. The molecule has 3 aromatic rings. The minimum atomic E-state index is -0.386. The van der Waals surface area contributed by atoms with Gasteiger partial charge in [-0.25, -0.2) is 4.39 Å². The molecule has 3 aromatic carbocycles. The fourth-order valence-electron chi connectivity index (χ4n) is 2.24.